The van der Waals surface area contributed by atoms with E-state index in [4.69, 9.17) is 33.2 Å². The molecule has 2 fully saturated rings. The first-order chi connectivity index (χ1) is 29.1. The molecule has 0 aromatic heterocycles. The summed E-state index contributed by atoms with van der Waals surface area (Å²) in [4.78, 5) is 0. The van der Waals surface area contributed by atoms with Crippen LogP contribution in [0.15, 0.2) is 164 Å². The van der Waals surface area contributed by atoms with Gasteiger partial charge in [0.2, 0.25) is 0 Å². The largest absolute Gasteiger partial charge is 0.488 e. The highest BCUT2D eigenvalue weighted by molar-refractivity contribution is 5.38. The topological polar surface area (TPSA) is 64.6 Å². The summed E-state index contributed by atoms with van der Waals surface area (Å²) >= 11 is 0. The van der Waals surface area contributed by atoms with Crippen molar-refractivity contribution in [3.8, 4) is 5.75 Å². The molecule has 0 saturated carbocycles. The van der Waals surface area contributed by atoms with E-state index in [1.165, 1.54) is 16.7 Å². The molecule has 6 atom stereocenters. The van der Waals surface area contributed by atoms with E-state index in [1.807, 2.05) is 72.8 Å². The van der Waals surface area contributed by atoms with Crippen LogP contribution in [0, 0.1) is 6.92 Å². The summed E-state index contributed by atoms with van der Waals surface area (Å²) in [5.41, 5.74) is 8.95. The molecule has 6 aromatic carbocycles. The van der Waals surface area contributed by atoms with Gasteiger partial charge in [-0.15, -0.1) is 0 Å². The van der Waals surface area contributed by atoms with E-state index in [9.17, 15) is 0 Å². The quantitative estimate of drug-likeness (QED) is 0.0859. The van der Waals surface area contributed by atoms with E-state index in [0.29, 0.717) is 39.6 Å². The first-order valence-electron chi connectivity index (χ1n) is 20.8. The Hall–Kier alpha value is -5.12. The predicted octanol–water partition coefficient (Wildman–Crippen LogP) is 10.2. The van der Waals surface area contributed by atoms with Crippen LogP contribution in [0.2, 0.25) is 0 Å². The number of ether oxygens (including phenoxy) is 7. The lowest BCUT2D eigenvalue weighted by molar-refractivity contribution is -0.275. The van der Waals surface area contributed by atoms with E-state index in [-0.39, 0.29) is 6.10 Å². The van der Waals surface area contributed by atoms with E-state index < -0.39 is 30.5 Å². The average molecular weight is 791 g/mol. The van der Waals surface area contributed by atoms with E-state index >= 15 is 0 Å². The zero-order chi connectivity index (χ0) is 40.1. The molecule has 0 bridgehead atoms. The molecule has 0 aliphatic carbocycles. The van der Waals surface area contributed by atoms with Gasteiger partial charge in [-0.05, 0) is 70.0 Å². The summed E-state index contributed by atoms with van der Waals surface area (Å²) in [5, 5.41) is 0. The van der Waals surface area contributed by atoms with Gasteiger partial charge in [-0.1, -0.05) is 152 Å². The van der Waals surface area contributed by atoms with Crippen molar-refractivity contribution in [1.82, 2.24) is 0 Å². The van der Waals surface area contributed by atoms with Gasteiger partial charge in [0, 0.05) is 6.42 Å². The molecule has 3 unspecified atom stereocenters. The molecular formula is C52H54O7. The molecule has 0 radical (unpaired) electrons. The van der Waals surface area contributed by atoms with Crippen LogP contribution in [0.5, 0.6) is 5.75 Å². The maximum atomic E-state index is 7.24. The van der Waals surface area contributed by atoms with Gasteiger partial charge in [-0.2, -0.15) is 0 Å². The van der Waals surface area contributed by atoms with E-state index in [2.05, 4.69) is 97.9 Å². The number of hydrogen-bond acceptors (Lipinski definition) is 7. The molecule has 7 nitrogen and oxygen atoms in total. The minimum Gasteiger partial charge on any atom is -0.488 e. The second-order valence-electron chi connectivity index (χ2n) is 15.5. The van der Waals surface area contributed by atoms with E-state index in [1.54, 1.807) is 0 Å². The van der Waals surface area contributed by atoms with Crippen LogP contribution in [0.1, 0.15) is 57.0 Å². The molecule has 2 aliphatic heterocycles. The van der Waals surface area contributed by atoms with Crippen molar-refractivity contribution >= 4 is 0 Å². The molecular weight excluding hydrogens is 737 g/mol. The molecule has 2 saturated heterocycles. The van der Waals surface area contributed by atoms with Crippen LogP contribution in [-0.2, 0) is 61.3 Å². The molecule has 2 aliphatic rings. The van der Waals surface area contributed by atoms with Crippen molar-refractivity contribution in [2.24, 2.45) is 0 Å². The lowest BCUT2D eigenvalue weighted by Crippen LogP contribution is -2.58. The van der Waals surface area contributed by atoms with Gasteiger partial charge in [0.25, 0.3) is 0 Å². The van der Waals surface area contributed by atoms with Crippen LogP contribution in [0.25, 0.3) is 0 Å². The number of aryl methyl sites for hydroxylation is 1. The number of hydrogen-bond donors (Lipinski definition) is 0. The van der Waals surface area contributed by atoms with Crippen LogP contribution in [0.4, 0.5) is 0 Å². The molecule has 0 spiro atoms. The standard InChI is InChI=1S/C52H54O7/c1-38-22-25-44(31-45(38)30-39-23-26-46(27-24-39)58-47-28-29-53-36-47)49-51(56-34-42-18-10-4-11-19-42)52(57-35-43-20-12-5-13-21-43)50(55-33-41-16-8-3-9-17-41)48(59-49)37-54-32-40-14-6-2-7-15-40/h2-27,31,47-52H,28-30,32-37H2,1H3/t47?,48?,49-,50+,51-,52?/m0/s1. The monoisotopic (exact) mass is 790 g/mol. The fraction of sp³-hybridized carbons (Fsp3) is 0.308. The van der Waals surface area contributed by atoms with Gasteiger partial charge in [-0.25, -0.2) is 0 Å². The normalized spacial score (nSPS) is 21.6. The zero-order valence-corrected chi connectivity index (χ0v) is 33.8. The highest BCUT2D eigenvalue weighted by Crippen LogP contribution is 2.39. The van der Waals surface area contributed by atoms with Crippen molar-refractivity contribution in [3.05, 3.63) is 208 Å². The summed E-state index contributed by atoms with van der Waals surface area (Å²) in [6, 6.07) is 56.1. The van der Waals surface area contributed by atoms with Gasteiger partial charge >= 0.3 is 0 Å². The third-order valence-corrected chi connectivity index (χ3v) is 11.1. The van der Waals surface area contributed by atoms with Crippen molar-refractivity contribution in [2.75, 3.05) is 19.8 Å². The zero-order valence-electron chi connectivity index (χ0n) is 33.8. The fourth-order valence-electron chi connectivity index (χ4n) is 7.82. The summed E-state index contributed by atoms with van der Waals surface area (Å²) in [6.45, 7) is 5.49. The second kappa shape index (κ2) is 20.7. The first-order valence-corrected chi connectivity index (χ1v) is 20.8. The molecule has 59 heavy (non-hydrogen) atoms. The highest BCUT2D eigenvalue weighted by Gasteiger charge is 2.49. The Bertz CT molecular complexity index is 2120. The Kier molecular flexibility index (Phi) is 14.3. The van der Waals surface area contributed by atoms with Gasteiger partial charge in [0.1, 0.15) is 42.4 Å². The average Bonchev–Trinajstić information content (AvgIpc) is 3.80. The Balaban J connectivity index is 1.12. The molecule has 0 amide bonds. The lowest BCUT2D eigenvalue weighted by atomic mass is 9.88. The van der Waals surface area contributed by atoms with E-state index in [0.717, 1.165) is 53.0 Å². The summed E-state index contributed by atoms with van der Waals surface area (Å²) in [6.07, 6.45) is -0.680. The Morgan fingerprint density at radius 3 is 1.64 bits per heavy atom. The highest BCUT2D eigenvalue weighted by atomic mass is 16.6. The SMILES string of the molecule is Cc1ccc([C@@H]2OC(COCc3ccccc3)[C@@H](OCc3ccccc3)C(OCc3ccccc3)[C@H]2OCc2ccccc2)cc1Cc1ccc(OC2CCOC2)cc1. The maximum Gasteiger partial charge on any atom is 0.124 e. The Morgan fingerprint density at radius 1 is 0.542 bits per heavy atom. The van der Waals surface area contributed by atoms with Crippen molar-refractivity contribution in [1.29, 1.82) is 0 Å². The van der Waals surface area contributed by atoms with Crippen LogP contribution < -0.4 is 4.74 Å². The van der Waals surface area contributed by atoms with Gasteiger partial charge in [0.05, 0.1) is 46.2 Å². The van der Waals surface area contributed by atoms with Crippen molar-refractivity contribution in [3.63, 3.8) is 0 Å². The molecule has 7 heteroatoms. The molecule has 2 heterocycles. The van der Waals surface area contributed by atoms with Gasteiger partial charge < -0.3 is 33.2 Å². The minimum atomic E-state index is -0.517. The van der Waals surface area contributed by atoms with Crippen LogP contribution in [0.3, 0.4) is 0 Å². The lowest BCUT2D eigenvalue weighted by Gasteiger charge is -2.46. The molecule has 6 aromatic rings. The van der Waals surface area contributed by atoms with Crippen LogP contribution in [-0.4, -0.2) is 50.3 Å². The Morgan fingerprint density at radius 2 is 1.08 bits per heavy atom. The second-order valence-corrected chi connectivity index (χ2v) is 15.5. The third-order valence-electron chi connectivity index (χ3n) is 11.1. The van der Waals surface area contributed by atoms with Crippen LogP contribution >= 0.6 is 0 Å². The molecule has 8 rings (SSSR count). The van der Waals surface area contributed by atoms with Crippen molar-refractivity contribution in [2.45, 2.75) is 82.8 Å². The summed E-state index contributed by atoms with van der Waals surface area (Å²) in [5.74, 6) is 0.870. The fourth-order valence-corrected chi connectivity index (χ4v) is 7.82. The van der Waals surface area contributed by atoms with Gasteiger partial charge in [0.15, 0.2) is 0 Å². The third kappa shape index (κ3) is 11.3. The summed E-state index contributed by atoms with van der Waals surface area (Å²) in [7, 11) is 0. The number of benzene rings is 6. The smallest absolute Gasteiger partial charge is 0.124 e. The molecule has 304 valence electrons. The predicted molar refractivity (Wildman–Crippen MR) is 229 cm³/mol. The Labute approximate surface area is 348 Å². The number of rotatable bonds is 18. The minimum absolute atomic E-state index is 0.115. The molecule has 0 N–H and O–H groups in total. The van der Waals surface area contributed by atoms with Crippen molar-refractivity contribution < 1.29 is 33.2 Å². The first kappa shape index (κ1) is 40.7. The summed E-state index contributed by atoms with van der Waals surface area (Å²) < 4.78 is 46.3. The maximum absolute atomic E-state index is 7.24. The van der Waals surface area contributed by atoms with Gasteiger partial charge in [-0.3, -0.25) is 0 Å².